The van der Waals surface area contributed by atoms with Gasteiger partial charge in [0, 0.05) is 21.8 Å². The summed E-state index contributed by atoms with van der Waals surface area (Å²) >= 11 is 3.42. The molecule has 6 heteroatoms. The van der Waals surface area contributed by atoms with Crippen molar-refractivity contribution in [3.05, 3.63) is 64.1 Å². The Labute approximate surface area is 173 Å². The molecule has 0 aliphatic heterocycles. The molecule has 0 saturated heterocycles. The number of esters is 1. The van der Waals surface area contributed by atoms with Gasteiger partial charge in [-0.2, -0.15) is 0 Å². The summed E-state index contributed by atoms with van der Waals surface area (Å²) in [6.45, 7) is 6.78. The lowest BCUT2D eigenvalue weighted by Gasteiger charge is -2.08. The van der Waals surface area contributed by atoms with Gasteiger partial charge in [0.2, 0.25) is 5.91 Å². The van der Waals surface area contributed by atoms with Gasteiger partial charge in [-0.1, -0.05) is 29.8 Å². The van der Waals surface area contributed by atoms with Crippen LogP contribution >= 0.6 is 15.9 Å². The highest BCUT2D eigenvalue weighted by atomic mass is 79.9. The number of hydrogen-bond acceptors (Lipinski definition) is 4. The second-order valence-corrected chi connectivity index (χ2v) is 7.42. The normalized spacial score (nSPS) is 10.9. The van der Waals surface area contributed by atoms with E-state index in [1.165, 1.54) is 6.08 Å². The van der Waals surface area contributed by atoms with Crippen molar-refractivity contribution in [3.8, 4) is 5.75 Å². The largest absolute Gasteiger partial charge is 0.493 e. The predicted molar refractivity (Wildman–Crippen MR) is 115 cm³/mol. The average Bonchev–Trinajstić information content (AvgIpc) is 2.67. The zero-order valence-electron chi connectivity index (χ0n) is 16.2. The van der Waals surface area contributed by atoms with Crippen LogP contribution in [0.4, 0.5) is 5.69 Å². The summed E-state index contributed by atoms with van der Waals surface area (Å²) in [5.41, 5.74) is 1.84. The maximum absolute atomic E-state index is 12.2. The van der Waals surface area contributed by atoms with Crippen LogP contribution in [0.2, 0.25) is 0 Å². The number of anilines is 1. The Morgan fingerprint density at radius 1 is 1.14 bits per heavy atom. The fourth-order valence-corrected chi connectivity index (χ4v) is 2.68. The maximum atomic E-state index is 12.2. The molecule has 0 spiro atoms. The number of rotatable bonds is 8. The molecular weight excluding hydrogens is 422 g/mol. The molecule has 0 saturated carbocycles. The summed E-state index contributed by atoms with van der Waals surface area (Å²) in [6, 6.07) is 12.2. The molecule has 0 atom stereocenters. The maximum Gasteiger partial charge on any atom is 0.338 e. The van der Waals surface area contributed by atoms with Crippen LogP contribution in [0.1, 0.15) is 36.7 Å². The molecular formula is C22H24BrNO4. The van der Waals surface area contributed by atoms with Gasteiger partial charge < -0.3 is 14.8 Å². The number of carbonyl (C=O) groups is 2. The van der Waals surface area contributed by atoms with Crippen LogP contribution in [-0.4, -0.2) is 25.1 Å². The lowest BCUT2D eigenvalue weighted by molar-refractivity contribution is -0.111. The molecule has 28 heavy (non-hydrogen) atoms. The van der Waals surface area contributed by atoms with Gasteiger partial charge in [-0.3, -0.25) is 4.79 Å². The standard InChI is InChI=1S/C22H24BrNO4/c1-4-27-20-11-8-18(23)13-17(20)7-12-21(25)24-19-9-5-16(6-10-19)22(26)28-14-15(2)3/h5-13,15H,4,14H2,1-3H3,(H,24,25). The van der Waals surface area contributed by atoms with Gasteiger partial charge in [-0.15, -0.1) is 0 Å². The predicted octanol–water partition coefficient (Wildman–Crippen LogP) is 5.31. The van der Waals surface area contributed by atoms with E-state index >= 15 is 0 Å². The number of benzene rings is 2. The van der Waals surface area contributed by atoms with E-state index in [-0.39, 0.29) is 17.8 Å². The fraction of sp³-hybridized carbons (Fsp3) is 0.273. The Morgan fingerprint density at radius 2 is 1.86 bits per heavy atom. The third kappa shape index (κ3) is 6.85. The molecule has 1 amide bonds. The van der Waals surface area contributed by atoms with Crippen LogP contribution < -0.4 is 10.1 Å². The first-order valence-electron chi connectivity index (χ1n) is 9.07. The van der Waals surface area contributed by atoms with E-state index in [9.17, 15) is 9.59 Å². The molecule has 0 radical (unpaired) electrons. The molecule has 0 fully saturated rings. The SMILES string of the molecule is CCOc1ccc(Br)cc1C=CC(=O)Nc1ccc(C(=O)OCC(C)C)cc1. The number of amides is 1. The highest BCUT2D eigenvalue weighted by Crippen LogP contribution is 2.24. The first-order valence-corrected chi connectivity index (χ1v) is 9.87. The minimum atomic E-state index is -0.371. The zero-order valence-corrected chi connectivity index (χ0v) is 17.8. The quantitative estimate of drug-likeness (QED) is 0.441. The van der Waals surface area contributed by atoms with Crippen molar-refractivity contribution in [2.24, 2.45) is 5.92 Å². The molecule has 0 aliphatic rings. The minimum absolute atomic E-state index is 0.280. The molecule has 0 aliphatic carbocycles. The Bertz CT molecular complexity index is 844. The summed E-state index contributed by atoms with van der Waals surface area (Å²) in [7, 11) is 0. The van der Waals surface area contributed by atoms with Crippen LogP contribution in [0.5, 0.6) is 5.75 Å². The fourth-order valence-electron chi connectivity index (χ4n) is 2.30. The molecule has 148 valence electrons. The van der Waals surface area contributed by atoms with Crippen LogP contribution in [0.15, 0.2) is 53.0 Å². The Hall–Kier alpha value is -2.60. The Balaban J connectivity index is 1.99. The van der Waals surface area contributed by atoms with E-state index in [2.05, 4.69) is 21.2 Å². The van der Waals surface area contributed by atoms with Crippen LogP contribution in [0.3, 0.4) is 0 Å². The topological polar surface area (TPSA) is 64.6 Å². The molecule has 5 nitrogen and oxygen atoms in total. The Kier molecular flexibility index (Phi) is 8.26. The van der Waals surface area contributed by atoms with E-state index in [4.69, 9.17) is 9.47 Å². The van der Waals surface area contributed by atoms with Crippen molar-refractivity contribution in [1.29, 1.82) is 0 Å². The van der Waals surface area contributed by atoms with Gasteiger partial charge in [-0.05, 0) is 61.4 Å². The van der Waals surface area contributed by atoms with E-state index in [1.54, 1.807) is 30.3 Å². The van der Waals surface area contributed by atoms with E-state index in [1.807, 2.05) is 39.0 Å². The summed E-state index contributed by atoms with van der Waals surface area (Å²) in [5.74, 6) is 0.337. The van der Waals surface area contributed by atoms with Crippen molar-refractivity contribution < 1.29 is 19.1 Å². The third-order valence-corrected chi connectivity index (χ3v) is 4.12. The molecule has 2 aromatic carbocycles. The lowest BCUT2D eigenvalue weighted by atomic mass is 10.2. The van der Waals surface area contributed by atoms with Gasteiger partial charge in [0.1, 0.15) is 5.75 Å². The van der Waals surface area contributed by atoms with E-state index < -0.39 is 0 Å². The van der Waals surface area contributed by atoms with E-state index in [0.29, 0.717) is 30.2 Å². The number of hydrogen-bond donors (Lipinski definition) is 1. The van der Waals surface area contributed by atoms with Gasteiger partial charge in [-0.25, -0.2) is 4.79 Å². The monoisotopic (exact) mass is 445 g/mol. The van der Waals surface area contributed by atoms with Crippen molar-refractivity contribution in [2.75, 3.05) is 18.5 Å². The van der Waals surface area contributed by atoms with Crippen molar-refractivity contribution >= 4 is 39.6 Å². The first kappa shape index (κ1) is 21.7. The number of halogens is 1. The summed E-state index contributed by atoms with van der Waals surface area (Å²) in [5, 5.41) is 2.76. The molecule has 2 aromatic rings. The molecule has 2 rings (SSSR count). The average molecular weight is 446 g/mol. The van der Waals surface area contributed by atoms with Crippen LogP contribution in [0.25, 0.3) is 6.08 Å². The van der Waals surface area contributed by atoms with Gasteiger partial charge in [0.25, 0.3) is 0 Å². The second-order valence-electron chi connectivity index (χ2n) is 6.51. The summed E-state index contributed by atoms with van der Waals surface area (Å²) < 4.78 is 11.6. The summed E-state index contributed by atoms with van der Waals surface area (Å²) in [4.78, 5) is 24.1. The minimum Gasteiger partial charge on any atom is -0.493 e. The molecule has 1 N–H and O–H groups in total. The lowest BCUT2D eigenvalue weighted by Crippen LogP contribution is -2.11. The molecule has 0 heterocycles. The van der Waals surface area contributed by atoms with Crippen LogP contribution in [0, 0.1) is 5.92 Å². The molecule has 0 unspecified atom stereocenters. The highest BCUT2D eigenvalue weighted by Gasteiger charge is 2.08. The van der Waals surface area contributed by atoms with Gasteiger partial charge in [0.15, 0.2) is 0 Å². The van der Waals surface area contributed by atoms with Crippen molar-refractivity contribution in [2.45, 2.75) is 20.8 Å². The summed E-state index contributed by atoms with van der Waals surface area (Å²) in [6.07, 6.45) is 3.14. The third-order valence-electron chi connectivity index (χ3n) is 3.62. The highest BCUT2D eigenvalue weighted by molar-refractivity contribution is 9.10. The van der Waals surface area contributed by atoms with Crippen molar-refractivity contribution in [1.82, 2.24) is 0 Å². The second kappa shape index (κ2) is 10.7. The first-order chi connectivity index (χ1) is 13.4. The van der Waals surface area contributed by atoms with Crippen molar-refractivity contribution in [3.63, 3.8) is 0 Å². The van der Waals surface area contributed by atoms with Gasteiger partial charge >= 0.3 is 5.97 Å². The molecule has 0 aromatic heterocycles. The number of carbonyl (C=O) groups excluding carboxylic acids is 2. The number of ether oxygens (including phenoxy) is 2. The smallest absolute Gasteiger partial charge is 0.338 e. The zero-order chi connectivity index (χ0) is 20.5. The molecule has 0 bridgehead atoms. The van der Waals surface area contributed by atoms with Gasteiger partial charge in [0.05, 0.1) is 18.8 Å². The van der Waals surface area contributed by atoms with Crippen LogP contribution in [-0.2, 0) is 9.53 Å². The van der Waals surface area contributed by atoms with E-state index in [0.717, 1.165) is 10.0 Å². The Morgan fingerprint density at radius 3 is 2.50 bits per heavy atom. The number of nitrogens with one attached hydrogen (secondary N) is 1.